The van der Waals surface area contributed by atoms with Gasteiger partial charge in [0.15, 0.2) is 24.1 Å². The summed E-state index contributed by atoms with van der Waals surface area (Å²) in [6.45, 7) is 0.968. The topological polar surface area (TPSA) is 65.8 Å². The van der Waals surface area contributed by atoms with Gasteiger partial charge in [0.2, 0.25) is 0 Å². The fourth-order valence-electron chi connectivity index (χ4n) is 2.59. The fraction of sp³-hybridized carbons (Fsp3) is 0.211. The van der Waals surface area contributed by atoms with Crippen molar-refractivity contribution in [3.05, 3.63) is 61.1 Å². The third kappa shape index (κ3) is 3.99. The summed E-state index contributed by atoms with van der Waals surface area (Å²) in [6.07, 6.45) is 5.13. The standard InChI is InChI=1S/C19H18N2O4/c1-2-19(21-11-1)25-24-17-9-7-16(8-10-17)23-15-5-3-14(4-6-15)18-12-20-13-22-18/h3-10,12-13,19,21H,1-2,11H2. The van der Waals surface area contributed by atoms with Gasteiger partial charge in [0, 0.05) is 5.56 Å². The van der Waals surface area contributed by atoms with E-state index in [1.54, 1.807) is 6.20 Å². The minimum Gasteiger partial charge on any atom is -0.457 e. The molecule has 1 fully saturated rings. The number of benzene rings is 2. The fourth-order valence-corrected chi connectivity index (χ4v) is 2.59. The van der Waals surface area contributed by atoms with E-state index in [0.717, 1.165) is 42.2 Å². The Morgan fingerprint density at radius 3 is 2.32 bits per heavy atom. The zero-order valence-corrected chi connectivity index (χ0v) is 13.6. The van der Waals surface area contributed by atoms with Crippen LogP contribution in [0.1, 0.15) is 12.8 Å². The molecule has 1 aromatic heterocycles. The third-order valence-corrected chi connectivity index (χ3v) is 3.91. The van der Waals surface area contributed by atoms with Gasteiger partial charge in [-0.15, -0.1) is 0 Å². The van der Waals surface area contributed by atoms with Gasteiger partial charge in [-0.3, -0.25) is 5.32 Å². The summed E-state index contributed by atoms with van der Waals surface area (Å²) in [5, 5.41) is 3.20. The highest BCUT2D eigenvalue weighted by molar-refractivity contribution is 5.57. The van der Waals surface area contributed by atoms with Crippen molar-refractivity contribution >= 4 is 0 Å². The highest BCUT2D eigenvalue weighted by atomic mass is 17.2. The molecule has 1 unspecified atom stereocenters. The van der Waals surface area contributed by atoms with E-state index in [2.05, 4.69) is 10.3 Å². The second-order valence-corrected chi connectivity index (χ2v) is 5.73. The van der Waals surface area contributed by atoms with Crippen molar-refractivity contribution in [3.63, 3.8) is 0 Å². The molecule has 6 nitrogen and oxygen atoms in total. The lowest BCUT2D eigenvalue weighted by atomic mass is 10.2. The summed E-state index contributed by atoms with van der Waals surface area (Å²) < 4.78 is 11.1. The molecule has 25 heavy (non-hydrogen) atoms. The predicted octanol–water partition coefficient (Wildman–Crippen LogP) is 4.15. The highest BCUT2D eigenvalue weighted by Crippen LogP contribution is 2.27. The number of rotatable bonds is 6. The van der Waals surface area contributed by atoms with Crippen LogP contribution >= 0.6 is 0 Å². The molecule has 0 aliphatic carbocycles. The van der Waals surface area contributed by atoms with E-state index in [1.165, 1.54) is 6.39 Å². The predicted molar refractivity (Wildman–Crippen MR) is 91.2 cm³/mol. The van der Waals surface area contributed by atoms with Crippen LogP contribution in [0.5, 0.6) is 17.2 Å². The summed E-state index contributed by atoms with van der Waals surface area (Å²) >= 11 is 0. The largest absolute Gasteiger partial charge is 0.457 e. The zero-order valence-electron chi connectivity index (χ0n) is 13.6. The summed E-state index contributed by atoms with van der Waals surface area (Å²) in [7, 11) is 0. The molecule has 1 N–H and O–H groups in total. The summed E-state index contributed by atoms with van der Waals surface area (Å²) in [5.41, 5.74) is 0.950. The quantitative estimate of drug-likeness (QED) is 0.538. The van der Waals surface area contributed by atoms with Crippen molar-refractivity contribution < 1.29 is 18.9 Å². The molecule has 0 saturated carbocycles. The molecule has 0 spiro atoms. The van der Waals surface area contributed by atoms with Crippen molar-refractivity contribution in [2.75, 3.05) is 6.54 Å². The molecule has 0 radical (unpaired) electrons. The third-order valence-electron chi connectivity index (χ3n) is 3.91. The average molecular weight is 338 g/mol. The van der Waals surface area contributed by atoms with Crippen molar-refractivity contribution in [1.29, 1.82) is 0 Å². The maximum atomic E-state index is 5.83. The number of hydrogen-bond acceptors (Lipinski definition) is 6. The first kappa shape index (κ1) is 15.7. The van der Waals surface area contributed by atoms with Crippen molar-refractivity contribution in [1.82, 2.24) is 10.3 Å². The molecular weight excluding hydrogens is 320 g/mol. The van der Waals surface area contributed by atoms with Crippen LogP contribution in [0.4, 0.5) is 0 Å². The van der Waals surface area contributed by atoms with Gasteiger partial charge < -0.3 is 14.0 Å². The van der Waals surface area contributed by atoms with Gasteiger partial charge in [-0.25, -0.2) is 4.98 Å². The van der Waals surface area contributed by atoms with Gasteiger partial charge in [-0.05, 0) is 67.9 Å². The van der Waals surface area contributed by atoms with Crippen LogP contribution in [-0.4, -0.2) is 17.8 Å². The normalized spacial score (nSPS) is 16.7. The molecular formula is C19H18N2O4. The Morgan fingerprint density at radius 2 is 1.68 bits per heavy atom. The number of nitrogens with one attached hydrogen (secondary N) is 1. The molecule has 1 aliphatic rings. The Morgan fingerprint density at radius 1 is 0.960 bits per heavy atom. The van der Waals surface area contributed by atoms with E-state index in [4.69, 9.17) is 18.9 Å². The minimum atomic E-state index is -0.0289. The van der Waals surface area contributed by atoms with Gasteiger partial charge in [0.05, 0.1) is 6.20 Å². The number of hydrogen-bond donors (Lipinski definition) is 1. The number of ether oxygens (including phenoxy) is 1. The van der Waals surface area contributed by atoms with Crippen LogP contribution in [0.25, 0.3) is 11.3 Å². The first-order valence-corrected chi connectivity index (χ1v) is 8.20. The molecule has 1 aliphatic heterocycles. The molecule has 1 atom stereocenters. The van der Waals surface area contributed by atoms with E-state index in [1.807, 2.05) is 48.5 Å². The van der Waals surface area contributed by atoms with Gasteiger partial charge in [-0.2, -0.15) is 4.89 Å². The first-order valence-electron chi connectivity index (χ1n) is 8.20. The molecule has 0 amide bonds. The molecule has 6 heteroatoms. The van der Waals surface area contributed by atoms with Crippen LogP contribution in [0.2, 0.25) is 0 Å². The number of aromatic nitrogens is 1. The maximum Gasteiger partial charge on any atom is 0.181 e. The Kier molecular flexibility index (Phi) is 4.63. The SMILES string of the molecule is c1ncc(-c2ccc(Oc3ccc(OOC4CCCN4)cc3)cc2)o1. The van der Waals surface area contributed by atoms with Crippen LogP contribution in [0, 0.1) is 0 Å². The van der Waals surface area contributed by atoms with E-state index >= 15 is 0 Å². The van der Waals surface area contributed by atoms with Crippen LogP contribution in [0.15, 0.2) is 65.5 Å². The van der Waals surface area contributed by atoms with Gasteiger partial charge in [0.1, 0.15) is 11.5 Å². The highest BCUT2D eigenvalue weighted by Gasteiger charge is 2.15. The molecule has 2 aromatic carbocycles. The lowest BCUT2D eigenvalue weighted by Crippen LogP contribution is -2.25. The van der Waals surface area contributed by atoms with Crippen molar-refractivity contribution in [2.45, 2.75) is 19.1 Å². The lowest BCUT2D eigenvalue weighted by molar-refractivity contribution is -0.248. The monoisotopic (exact) mass is 338 g/mol. The van der Waals surface area contributed by atoms with Crippen LogP contribution in [0.3, 0.4) is 0 Å². The molecule has 4 rings (SSSR count). The Labute approximate surface area is 145 Å². The second kappa shape index (κ2) is 7.38. The van der Waals surface area contributed by atoms with E-state index in [-0.39, 0.29) is 6.23 Å². The van der Waals surface area contributed by atoms with Gasteiger partial charge >= 0.3 is 0 Å². The summed E-state index contributed by atoms with van der Waals surface area (Å²) in [5.74, 6) is 2.83. The number of oxazole rings is 1. The average Bonchev–Trinajstić information content (AvgIpc) is 3.36. The zero-order chi connectivity index (χ0) is 16.9. The van der Waals surface area contributed by atoms with E-state index in [0.29, 0.717) is 5.75 Å². The van der Waals surface area contributed by atoms with Crippen LogP contribution < -0.4 is 14.9 Å². The number of nitrogens with zero attached hydrogens (tertiary/aromatic N) is 1. The Bertz CT molecular complexity index is 779. The maximum absolute atomic E-state index is 5.83. The van der Waals surface area contributed by atoms with Gasteiger partial charge in [0.25, 0.3) is 0 Å². The van der Waals surface area contributed by atoms with E-state index < -0.39 is 0 Å². The van der Waals surface area contributed by atoms with E-state index in [9.17, 15) is 0 Å². The smallest absolute Gasteiger partial charge is 0.181 e. The molecule has 0 bridgehead atoms. The first-order chi connectivity index (χ1) is 12.4. The molecule has 2 heterocycles. The molecule has 3 aromatic rings. The van der Waals surface area contributed by atoms with Crippen molar-refractivity contribution in [3.8, 4) is 28.6 Å². The van der Waals surface area contributed by atoms with Crippen molar-refractivity contribution in [2.24, 2.45) is 0 Å². The van der Waals surface area contributed by atoms with Gasteiger partial charge in [-0.1, -0.05) is 0 Å². The minimum absolute atomic E-state index is 0.0289. The Balaban J connectivity index is 1.34. The summed E-state index contributed by atoms with van der Waals surface area (Å²) in [4.78, 5) is 14.6. The summed E-state index contributed by atoms with van der Waals surface area (Å²) in [6, 6.07) is 14.9. The molecule has 1 saturated heterocycles. The second-order valence-electron chi connectivity index (χ2n) is 5.73. The molecule has 128 valence electrons. The lowest BCUT2D eigenvalue weighted by Gasteiger charge is -2.11. The Hall–Kier alpha value is -2.83. The van der Waals surface area contributed by atoms with Crippen LogP contribution in [-0.2, 0) is 4.89 Å².